The summed E-state index contributed by atoms with van der Waals surface area (Å²) in [5, 5.41) is 5.48. The normalized spacial score (nSPS) is 16.0. The number of hydrogen-bond donors (Lipinski definition) is 1. The van der Waals surface area contributed by atoms with Gasteiger partial charge >= 0.3 is 0 Å². The van der Waals surface area contributed by atoms with E-state index in [0.29, 0.717) is 30.3 Å². The SMILES string of the molecule is O=C(NC[C@@H](c1ccccn1)N1CCOCC1)c1cccc2c(Cl)cccc12. The zero-order chi connectivity index (χ0) is 19.3. The molecule has 1 aliphatic heterocycles. The van der Waals surface area contributed by atoms with E-state index in [9.17, 15) is 4.79 Å². The molecule has 3 aromatic rings. The molecule has 5 nitrogen and oxygen atoms in total. The summed E-state index contributed by atoms with van der Waals surface area (Å²) >= 11 is 6.28. The van der Waals surface area contributed by atoms with E-state index < -0.39 is 0 Å². The molecule has 0 unspecified atom stereocenters. The molecule has 1 saturated heterocycles. The lowest BCUT2D eigenvalue weighted by Crippen LogP contribution is -2.44. The monoisotopic (exact) mass is 395 g/mol. The van der Waals surface area contributed by atoms with Crippen LogP contribution in [-0.4, -0.2) is 48.6 Å². The lowest BCUT2D eigenvalue weighted by molar-refractivity contribution is 0.0154. The number of rotatable bonds is 5. The summed E-state index contributed by atoms with van der Waals surface area (Å²) in [6.07, 6.45) is 1.79. The van der Waals surface area contributed by atoms with Crippen LogP contribution in [0.15, 0.2) is 60.8 Å². The third-order valence-electron chi connectivity index (χ3n) is 5.09. The maximum absolute atomic E-state index is 13.0. The van der Waals surface area contributed by atoms with Crippen molar-refractivity contribution in [3.63, 3.8) is 0 Å². The van der Waals surface area contributed by atoms with Crippen molar-refractivity contribution in [1.29, 1.82) is 0 Å². The third kappa shape index (κ3) is 4.02. The molecule has 0 saturated carbocycles. The van der Waals surface area contributed by atoms with Gasteiger partial charge in [0, 0.05) is 41.8 Å². The number of carbonyl (C=O) groups excluding carboxylic acids is 1. The highest BCUT2D eigenvalue weighted by Crippen LogP contribution is 2.26. The summed E-state index contributed by atoms with van der Waals surface area (Å²) in [6.45, 7) is 3.51. The Morgan fingerprint density at radius 1 is 1.07 bits per heavy atom. The third-order valence-corrected chi connectivity index (χ3v) is 5.41. The summed E-state index contributed by atoms with van der Waals surface area (Å²) in [5.41, 5.74) is 1.58. The van der Waals surface area contributed by atoms with Gasteiger partial charge in [0.05, 0.1) is 24.9 Å². The van der Waals surface area contributed by atoms with Gasteiger partial charge in [-0.15, -0.1) is 0 Å². The Morgan fingerprint density at radius 3 is 2.64 bits per heavy atom. The van der Waals surface area contributed by atoms with Crippen LogP contribution >= 0.6 is 11.6 Å². The van der Waals surface area contributed by atoms with E-state index in [-0.39, 0.29) is 11.9 Å². The summed E-state index contributed by atoms with van der Waals surface area (Å²) in [5.74, 6) is -0.109. The number of amides is 1. The highest BCUT2D eigenvalue weighted by Gasteiger charge is 2.24. The van der Waals surface area contributed by atoms with Crippen LogP contribution in [0.1, 0.15) is 22.1 Å². The number of carbonyl (C=O) groups is 1. The quantitative estimate of drug-likeness (QED) is 0.715. The second kappa shape index (κ2) is 8.69. The second-order valence-corrected chi connectivity index (χ2v) is 7.18. The number of morpholine rings is 1. The number of pyridine rings is 1. The van der Waals surface area contributed by atoms with E-state index in [4.69, 9.17) is 16.3 Å². The largest absolute Gasteiger partial charge is 0.379 e. The molecule has 0 aliphatic carbocycles. The van der Waals surface area contributed by atoms with Crippen molar-refractivity contribution in [3.05, 3.63) is 77.1 Å². The molecule has 0 bridgehead atoms. The summed E-state index contributed by atoms with van der Waals surface area (Å²) in [7, 11) is 0. The molecule has 1 atom stereocenters. The van der Waals surface area contributed by atoms with Crippen molar-refractivity contribution in [2.24, 2.45) is 0 Å². The van der Waals surface area contributed by atoms with E-state index in [2.05, 4.69) is 15.2 Å². The van der Waals surface area contributed by atoms with Gasteiger partial charge in [-0.25, -0.2) is 0 Å². The lowest BCUT2D eigenvalue weighted by atomic mass is 10.0. The van der Waals surface area contributed by atoms with Gasteiger partial charge in [0.2, 0.25) is 0 Å². The predicted molar refractivity (Wildman–Crippen MR) is 111 cm³/mol. The first kappa shape index (κ1) is 18.9. The highest BCUT2D eigenvalue weighted by molar-refractivity contribution is 6.36. The van der Waals surface area contributed by atoms with Crippen molar-refractivity contribution in [1.82, 2.24) is 15.2 Å². The van der Waals surface area contributed by atoms with Gasteiger partial charge in [-0.2, -0.15) is 0 Å². The average molecular weight is 396 g/mol. The molecule has 1 aromatic heterocycles. The smallest absolute Gasteiger partial charge is 0.251 e. The first-order valence-electron chi connectivity index (χ1n) is 9.42. The van der Waals surface area contributed by atoms with Crippen LogP contribution in [0.5, 0.6) is 0 Å². The molecule has 2 heterocycles. The molecule has 28 heavy (non-hydrogen) atoms. The maximum Gasteiger partial charge on any atom is 0.251 e. The van der Waals surface area contributed by atoms with E-state index in [1.54, 1.807) is 6.20 Å². The fourth-order valence-electron chi connectivity index (χ4n) is 3.64. The molecule has 2 aromatic carbocycles. The van der Waals surface area contributed by atoms with Gasteiger partial charge < -0.3 is 10.1 Å². The topological polar surface area (TPSA) is 54.5 Å². The summed E-state index contributed by atoms with van der Waals surface area (Å²) in [4.78, 5) is 19.8. The second-order valence-electron chi connectivity index (χ2n) is 6.77. The number of benzene rings is 2. The fraction of sp³-hybridized carbons (Fsp3) is 0.273. The van der Waals surface area contributed by atoms with Crippen molar-refractivity contribution in [2.45, 2.75) is 6.04 Å². The Morgan fingerprint density at radius 2 is 1.86 bits per heavy atom. The number of nitrogens with zero attached hydrogens (tertiary/aromatic N) is 2. The molecule has 144 valence electrons. The van der Waals surface area contributed by atoms with E-state index in [0.717, 1.165) is 29.6 Å². The maximum atomic E-state index is 13.0. The molecule has 4 rings (SSSR count). The Labute approximate surface area is 169 Å². The number of halogens is 1. The van der Waals surface area contributed by atoms with Crippen LogP contribution in [0.25, 0.3) is 10.8 Å². The molecule has 6 heteroatoms. The van der Waals surface area contributed by atoms with E-state index in [1.807, 2.05) is 54.6 Å². The number of hydrogen-bond acceptors (Lipinski definition) is 4. The summed E-state index contributed by atoms with van der Waals surface area (Å²) in [6, 6.07) is 17.1. The van der Waals surface area contributed by atoms with Crippen molar-refractivity contribution < 1.29 is 9.53 Å². The van der Waals surface area contributed by atoms with Crippen LogP contribution in [0.4, 0.5) is 0 Å². The van der Waals surface area contributed by atoms with Gasteiger partial charge in [-0.05, 0) is 29.7 Å². The molecule has 0 spiro atoms. The van der Waals surface area contributed by atoms with Crippen LogP contribution in [0.2, 0.25) is 5.02 Å². The van der Waals surface area contributed by atoms with Crippen LogP contribution in [0, 0.1) is 0 Å². The van der Waals surface area contributed by atoms with Crippen LogP contribution < -0.4 is 5.32 Å². The first-order chi connectivity index (χ1) is 13.7. The van der Waals surface area contributed by atoms with Gasteiger partial charge in [-0.1, -0.05) is 41.9 Å². The first-order valence-corrected chi connectivity index (χ1v) is 9.80. The molecule has 1 amide bonds. The number of fused-ring (bicyclic) bond motifs is 1. The number of aromatic nitrogens is 1. The highest BCUT2D eigenvalue weighted by atomic mass is 35.5. The average Bonchev–Trinajstić information content (AvgIpc) is 2.75. The van der Waals surface area contributed by atoms with Gasteiger partial charge in [0.1, 0.15) is 0 Å². The van der Waals surface area contributed by atoms with E-state index in [1.165, 1.54) is 0 Å². The minimum Gasteiger partial charge on any atom is -0.379 e. The van der Waals surface area contributed by atoms with Gasteiger partial charge in [0.25, 0.3) is 5.91 Å². The predicted octanol–water partition coefficient (Wildman–Crippen LogP) is 3.69. The molecular weight excluding hydrogens is 374 g/mol. The Kier molecular flexibility index (Phi) is 5.86. The number of nitrogens with one attached hydrogen (secondary N) is 1. The van der Waals surface area contributed by atoms with Crippen molar-refractivity contribution >= 4 is 28.3 Å². The Bertz CT molecular complexity index is 958. The van der Waals surface area contributed by atoms with Crippen LogP contribution in [0.3, 0.4) is 0 Å². The molecular formula is C22H22ClN3O2. The molecule has 0 radical (unpaired) electrons. The minimum atomic E-state index is -0.109. The Balaban J connectivity index is 1.56. The minimum absolute atomic E-state index is 0.00705. The zero-order valence-electron chi connectivity index (χ0n) is 15.5. The number of ether oxygens (including phenoxy) is 1. The summed E-state index contributed by atoms with van der Waals surface area (Å²) < 4.78 is 5.48. The Hall–Kier alpha value is -2.47. The zero-order valence-corrected chi connectivity index (χ0v) is 16.2. The van der Waals surface area contributed by atoms with Crippen molar-refractivity contribution in [2.75, 3.05) is 32.8 Å². The fourth-order valence-corrected chi connectivity index (χ4v) is 3.87. The molecule has 1 aliphatic rings. The van der Waals surface area contributed by atoms with E-state index >= 15 is 0 Å². The van der Waals surface area contributed by atoms with Gasteiger partial charge in [-0.3, -0.25) is 14.7 Å². The lowest BCUT2D eigenvalue weighted by Gasteiger charge is -2.34. The molecule has 1 N–H and O–H groups in total. The standard InChI is InChI=1S/C22H22ClN3O2/c23-19-8-4-5-16-17(19)6-3-7-18(16)22(27)25-15-21(20-9-1-2-10-24-20)26-11-13-28-14-12-26/h1-10,21H,11-15H2,(H,25,27)/t21-/m0/s1. The van der Waals surface area contributed by atoms with Crippen LogP contribution in [-0.2, 0) is 4.74 Å². The molecule has 1 fully saturated rings. The van der Waals surface area contributed by atoms with Gasteiger partial charge in [0.15, 0.2) is 0 Å². The van der Waals surface area contributed by atoms with Crippen molar-refractivity contribution in [3.8, 4) is 0 Å².